The Morgan fingerprint density at radius 3 is 2.55 bits per heavy atom. The first kappa shape index (κ1) is 23.1. The van der Waals surface area contributed by atoms with Gasteiger partial charge in [-0.2, -0.15) is 0 Å². The van der Waals surface area contributed by atoms with E-state index in [1.165, 1.54) is 0 Å². The van der Waals surface area contributed by atoms with Gasteiger partial charge in [-0.15, -0.1) is 24.8 Å². The Bertz CT molecular complexity index is 949. The Labute approximate surface area is 181 Å². The second kappa shape index (κ2) is 10.5. The van der Waals surface area contributed by atoms with Crippen LogP contribution in [0.4, 0.5) is 0 Å². The minimum absolute atomic E-state index is 0. The van der Waals surface area contributed by atoms with Gasteiger partial charge in [-0.3, -0.25) is 4.57 Å². The molecule has 1 aromatic heterocycles. The summed E-state index contributed by atoms with van der Waals surface area (Å²) in [5.41, 5.74) is 8.60. The monoisotopic (exact) mass is 441 g/mol. The standard InChI is InChI=1S/C20H23N3O4.2ClH/c1-24-7-8-25-15-4-2-3-14(11-15)23-17-13-19-18(26-9-10-27-19)12-16(17)22-20(23)5-6-21;;/h2-4,11-13H,5-10,21H2,1H3;2*1H. The molecule has 9 heteroatoms. The zero-order valence-electron chi connectivity index (χ0n) is 16.1. The van der Waals surface area contributed by atoms with E-state index in [-0.39, 0.29) is 24.8 Å². The Hall–Kier alpha value is -2.19. The van der Waals surface area contributed by atoms with Gasteiger partial charge in [0.15, 0.2) is 11.5 Å². The molecule has 0 saturated carbocycles. The van der Waals surface area contributed by atoms with E-state index in [0.29, 0.717) is 39.4 Å². The molecule has 0 saturated heterocycles. The van der Waals surface area contributed by atoms with Crippen LogP contribution >= 0.6 is 24.8 Å². The summed E-state index contributed by atoms with van der Waals surface area (Å²) in [5.74, 6) is 3.14. The molecular formula is C20H25Cl2N3O4. The number of hydrogen-bond acceptors (Lipinski definition) is 6. The molecule has 3 aromatic rings. The summed E-state index contributed by atoms with van der Waals surface area (Å²) >= 11 is 0. The number of aromatic nitrogens is 2. The summed E-state index contributed by atoms with van der Waals surface area (Å²) in [4.78, 5) is 4.78. The molecule has 7 nitrogen and oxygen atoms in total. The number of halogens is 2. The summed E-state index contributed by atoms with van der Waals surface area (Å²) in [5, 5.41) is 0. The molecule has 0 atom stereocenters. The van der Waals surface area contributed by atoms with Crippen molar-refractivity contribution in [1.82, 2.24) is 9.55 Å². The van der Waals surface area contributed by atoms with Crippen LogP contribution in [0.25, 0.3) is 16.7 Å². The Morgan fingerprint density at radius 1 is 1.07 bits per heavy atom. The van der Waals surface area contributed by atoms with Gasteiger partial charge in [0.2, 0.25) is 0 Å². The molecule has 1 aliphatic heterocycles. The van der Waals surface area contributed by atoms with Crippen LogP contribution in [0.3, 0.4) is 0 Å². The van der Waals surface area contributed by atoms with E-state index in [2.05, 4.69) is 4.57 Å². The lowest BCUT2D eigenvalue weighted by Crippen LogP contribution is -2.15. The van der Waals surface area contributed by atoms with Crippen LogP contribution in [0.5, 0.6) is 17.2 Å². The Balaban J connectivity index is 0.00000150. The van der Waals surface area contributed by atoms with Crippen molar-refractivity contribution in [2.45, 2.75) is 6.42 Å². The highest BCUT2D eigenvalue weighted by Gasteiger charge is 2.19. The first-order chi connectivity index (χ1) is 13.3. The molecule has 0 fully saturated rings. The van der Waals surface area contributed by atoms with Crippen LogP contribution in [0.1, 0.15) is 5.82 Å². The van der Waals surface area contributed by atoms with Gasteiger partial charge in [-0.1, -0.05) is 6.07 Å². The van der Waals surface area contributed by atoms with Gasteiger partial charge in [0, 0.05) is 31.7 Å². The molecule has 0 amide bonds. The summed E-state index contributed by atoms with van der Waals surface area (Å²) < 4.78 is 24.3. The van der Waals surface area contributed by atoms with Gasteiger partial charge in [-0.05, 0) is 18.7 Å². The molecule has 2 aromatic carbocycles. The van der Waals surface area contributed by atoms with Crippen LogP contribution < -0.4 is 19.9 Å². The van der Waals surface area contributed by atoms with Crippen LogP contribution in [0.15, 0.2) is 36.4 Å². The van der Waals surface area contributed by atoms with Crippen molar-refractivity contribution < 1.29 is 18.9 Å². The highest BCUT2D eigenvalue weighted by atomic mass is 35.5. The normalized spacial score (nSPS) is 12.2. The number of fused-ring (bicyclic) bond motifs is 2. The second-order valence-corrected chi connectivity index (χ2v) is 6.23. The molecule has 0 radical (unpaired) electrons. The molecule has 4 rings (SSSR count). The van der Waals surface area contributed by atoms with E-state index in [9.17, 15) is 0 Å². The molecule has 1 aliphatic rings. The van der Waals surface area contributed by atoms with E-state index in [1.54, 1.807) is 7.11 Å². The van der Waals surface area contributed by atoms with Crippen molar-refractivity contribution >= 4 is 35.8 Å². The third kappa shape index (κ3) is 4.87. The zero-order valence-corrected chi connectivity index (χ0v) is 17.8. The average Bonchev–Trinajstić information content (AvgIpc) is 3.03. The van der Waals surface area contributed by atoms with Gasteiger partial charge in [0.1, 0.15) is 31.4 Å². The minimum atomic E-state index is 0. The summed E-state index contributed by atoms with van der Waals surface area (Å²) in [7, 11) is 1.66. The number of methoxy groups -OCH3 is 1. The summed E-state index contributed by atoms with van der Waals surface area (Å²) in [6.07, 6.45) is 0.663. The predicted molar refractivity (Wildman–Crippen MR) is 117 cm³/mol. The minimum Gasteiger partial charge on any atom is -0.491 e. The van der Waals surface area contributed by atoms with Gasteiger partial charge >= 0.3 is 0 Å². The van der Waals surface area contributed by atoms with Crippen LogP contribution in [-0.4, -0.2) is 49.6 Å². The Kier molecular flexibility index (Phi) is 8.40. The lowest BCUT2D eigenvalue weighted by molar-refractivity contribution is 0.146. The molecule has 29 heavy (non-hydrogen) atoms. The smallest absolute Gasteiger partial charge is 0.163 e. The number of rotatable bonds is 7. The van der Waals surface area contributed by atoms with Crippen molar-refractivity contribution in [3.05, 3.63) is 42.2 Å². The third-order valence-electron chi connectivity index (χ3n) is 4.39. The number of imidazole rings is 1. The van der Waals surface area contributed by atoms with Crippen molar-refractivity contribution in [2.24, 2.45) is 5.73 Å². The highest BCUT2D eigenvalue weighted by molar-refractivity contribution is 5.85. The maximum Gasteiger partial charge on any atom is 0.163 e. The van der Waals surface area contributed by atoms with Crippen molar-refractivity contribution in [3.8, 4) is 22.9 Å². The maximum absolute atomic E-state index is 5.82. The van der Waals surface area contributed by atoms with Gasteiger partial charge in [0.25, 0.3) is 0 Å². The van der Waals surface area contributed by atoms with Gasteiger partial charge in [0.05, 0.1) is 23.3 Å². The zero-order chi connectivity index (χ0) is 18.6. The number of nitrogens with zero attached hydrogens (tertiary/aromatic N) is 2. The average molecular weight is 442 g/mol. The van der Waals surface area contributed by atoms with Crippen LogP contribution in [0.2, 0.25) is 0 Å². The fourth-order valence-electron chi connectivity index (χ4n) is 3.20. The molecule has 0 spiro atoms. The molecule has 0 unspecified atom stereocenters. The van der Waals surface area contributed by atoms with E-state index < -0.39 is 0 Å². The number of hydrogen-bond donors (Lipinski definition) is 1. The fraction of sp³-hybridized carbons (Fsp3) is 0.350. The Morgan fingerprint density at radius 2 is 1.83 bits per heavy atom. The molecule has 158 valence electrons. The van der Waals surface area contributed by atoms with Crippen LogP contribution in [0, 0.1) is 0 Å². The van der Waals surface area contributed by atoms with Crippen molar-refractivity contribution in [2.75, 3.05) is 40.1 Å². The predicted octanol–water partition coefficient (Wildman–Crippen LogP) is 3.17. The van der Waals surface area contributed by atoms with Crippen molar-refractivity contribution in [1.29, 1.82) is 0 Å². The second-order valence-electron chi connectivity index (χ2n) is 6.23. The molecule has 0 bridgehead atoms. The van der Waals surface area contributed by atoms with Gasteiger partial charge in [-0.25, -0.2) is 4.98 Å². The maximum atomic E-state index is 5.82. The lowest BCUT2D eigenvalue weighted by atomic mass is 10.2. The first-order valence-corrected chi connectivity index (χ1v) is 9.03. The largest absolute Gasteiger partial charge is 0.491 e. The number of ether oxygens (including phenoxy) is 4. The van der Waals surface area contributed by atoms with E-state index >= 15 is 0 Å². The number of nitrogens with two attached hydrogens (primary N) is 1. The summed E-state index contributed by atoms with van der Waals surface area (Å²) in [6, 6.07) is 11.8. The van der Waals surface area contributed by atoms with Crippen molar-refractivity contribution in [3.63, 3.8) is 0 Å². The highest BCUT2D eigenvalue weighted by Crippen LogP contribution is 2.36. The first-order valence-electron chi connectivity index (χ1n) is 9.03. The summed E-state index contributed by atoms with van der Waals surface area (Å²) in [6.45, 7) is 2.65. The lowest BCUT2D eigenvalue weighted by Gasteiger charge is -2.18. The molecular weight excluding hydrogens is 417 g/mol. The third-order valence-corrected chi connectivity index (χ3v) is 4.39. The van der Waals surface area contributed by atoms with E-state index in [4.69, 9.17) is 29.7 Å². The fourth-order valence-corrected chi connectivity index (χ4v) is 3.20. The van der Waals surface area contributed by atoms with Crippen LogP contribution in [-0.2, 0) is 11.2 Å². The van der Waals surface area contributed by atoms with E-state index in [1.807, 2.05) is 36.4 Å². The SMILES string of the molecule is COCCOc1cccc(-n2c(CCN)nc3cc4c(cc32)OCCO4)c1.Cl.Cl. The quantitative estimate of drug-likeness (QED) is 0.567. The number of benzene rings is 2. The topological polar surface area (TPSA) is 80.8 Å². The molecule has 0 aliphatic carbocycles. The molecule has 2 heterocycles. The van der Waals surface area contributed by atoms with E-state index in [0.717, 1.165) is 39.8 Å². The molecule has 2 N–H and O–H groups in total. The van der Waals surface area contributed by atoms with Gasteiger partial charge < -0.3 is 24.7 Å².